The number of hydrogen-bond acceptors (Lipinski definition) is 2. The Balaban J connectivity index is 2.73. The second-order valence-corrected chi connectivity index (χ2v) is 3.13. The van der Waals surface area contributed by atoms with Gasteiger partial charge in [0.05, 0.1) is 5.52 Å². The molecule has 0 atom stereocenters. The van der Waals surface area contributed by atoms with E-state index in [4.69, 9.17) is 11.6 Å². The van der Waals surface area contributed by atoms with Crippen LogP contribution < -0.4 is 0 Å². The van der Waals surface area contributed by atoms with Crippen molar-refractivity contribution >= 4 is 28.8 Å². The standard InChI is InChI=1S/C10H6ClNO/c11-8-2-4-10-7(5-8)1-3-9(6-13)12-10/h1-6H. The van der Waals surface area contributed by atoms with Crippen LogP contribution in [0, 0.1) is 0 Å². The van der Waals surface area contributed by atoms with Crippen LogP contribution in [-0.2, 0) is 0 Å². The highest BCUT2D eigenvalue weighted by atomic mass is 35.5. The van der Waals surface area contributed by atoms with Gasteiger partial charge in [-0.15, -0.1) is 0 Å². The van der Waals surface area contributed by atoms with Crippen LogP contribution in [-0.4, -0.2) is 11.3 Å². The highest BCUT2D eigenvalue weighted by Gasteiger charge is 1.97. The van der Waals surface area contributed by atoms with Crippen molar-refractivity contribution in [3.63, 3.8) is 0 Å². The number of halogens is 1. The summed E-state index contributed by atoms with van der Waals surface area (Å²) in [6.45, 7) is 0. The molecule has 0 unspecified atom stereocenters. The third kappa shape index (κ3) is 1.53. The minimum absolute atomic E-state index is 0.440. The molecule has 0 spiro atoms. The van der Waals surface area contributed by atoms with Crippen LogP contribution in [0.4, 0.5) is 0 Å². The Bertz CT molecular complexity index is 467. The molecule has 3 heteroatoms. The summed E-state index contributed by atoms with van der Waals surface area (Å²) >= 11 is 5.80. The first kappa shape index (κ1) is 8.20. The van der Waals surface area contributed by atoms with E-state index in [2.05, 4.69) is 4.98 Å². The van der Waals surface area contributed by atoms with Crippen molar-refractivity contribution in [2.45, 2.75) is 0 Å². The average Bonchev–Trinajstić information content (AvgIpc) is 2.17. The van der Waals surface area contributed by atoms with E-state index < -0.39 is 0 Å². The van der Waals surface area contributed by atoms with Gasteiger partial charge in [-0.3, -0.25) is 4.79 Å². The molecule has 0 saturated heterocycles. The summed E-state index contributed by atoms with van der Waals surface area (Å²) in [4.78, 5) is 14.5. The summed E-state index contributed by atoms with van der Waals surface area (Å²) in [5, 5.41) is 1.62. The smallest absolute Gasteiger partial charge is 0.168 e. The average molecular weight is 192 g/mol. The first-order chi connectivity index (χ1) is 6.29. The minimum Gasteiger partial charge on any atom is -0.296 e. The van der Waals surface area contributed by atoms with Crippen LogP contribution in [0.5, 0.6) is 0 Å². The number of aldehydes is 1. The number of hydrogen-bond donors (Lipinski definition) is 0. The van der Waals surface area contributed by atoms with Gasteiger partial charge >= 0.3 is 0 Å². The van der Waals surface area contributed by atoms with Crippen molar-refractivity contribution in [2.75, 3.05) is 0 Å². The molecular weight excluding hydrogens is 186 g/mol. The van der Waals surface area contributed by atoms with E-state index in [-0.39, 0.29) is 0 Å². The van der Waals surface area contributed by atoms with E-state index in [9.17, 15) is 4.79 Å². The first-order valence-electron chi connectivity index (χ1n) is 3.81. The maximum absolute atomic E-state index is 10.4. The van der Waals surface area contributed by atoms with E-state index in [1.807, 2.05) is 12.1 Å². The molecule has 1 aromatic heterocycles. The van der Waals surface area contributed by atoms with Gasteiger partial charge in [-0.2, -0.15) is 0 Å². The molecule has 0 N–H and O–H groups in total. The predicted molar refractivity (Wildman–Crippen MR) is 52.1 cm³/mol. The fourth-order valence-corrected chi connectivity index (χ4v) is 1.36. The quantitative estimate of drug-likeness (QED) is 0.649. The van der Waals surface area contributed by atoms with Crippen molar-refractivity contribution in [1.29, 1.82) is 0 Å². The van der Waals surface area contributed by atoms with Gasteiger partial charge in [-0.1, -0.05) is 17.7 Å². The predicted octanol–water partition coefficient (Wildman–Crippen LogP) is 2.70. The third-order valence-corrected chi connectivity index (χ3v) is 2.03. The normalized spacial score (nSPS) is 10.2. The number of nitrogens with zero attached hydrogens (tertiary/aromatic N) is 1. The molecule has 2 rings (SSSR count). The Labute approximate surface area is 80.2 Å². The SMILES string of the molecule is O=Cc1ccc2cc(Cl)ccc2n1. The van der Waals surface area contributed by atoms with Crippen molar-refractivity contribution < 1.29 is 4.79 Å². The van der Waals surface area contributed by atoms with E-state index in [1.165, 1.54) is 0 Å². The molecule has 0 amide bonds. The summed E-state index contributed by atoms with van der Waals surface area (Å²) in [6.07, 6.45) is 0.730. The zero-order chi connectivity index (χ0) is 9.26. The molecule has 0 radical (unpaired) electrons. The summed E-state index contributed by atoms with van der Waals surface area (Å²) in [7, 11) is 0. The second kappa shape index (κ2) is 3.15. The zero-order valence-corrected chi connectivity index (χ0v) is 7.45. The third-order valence-electron chi connectivity index (χ3n) is 1.79. The summed E-state index contributed by atoms with van der Waals surface area (Å²) in [6, 6.07) is 8.87. The van der Waals surface area contributed by atoms with E-state index in [0.717, 1.165) is 17.2 Å². The Morgan fingerprint density at radius 3 is 2.85 bits per heavy atom. The van der Waals surface area contributed by atoms with Crippen molar-refractivity contribution in [3.8, 4) is 0 Å². The molecular formula is C10H6ClNO. The van der Waals surface area contributed by atoms with Gasteiger partial charge in [0.15, 0.2) is 6.29 Å². The maximum Gasteiger partial charge on any atom is 0.168 e. The van der Waals surface area contributed by atoms with Gasteiger partial charge in [0.2, 0.25) is 0 Å². The fourth-order valence-electron chi connectivity index (χ4n) is 1.18. The van der Waals surface area contributed by atoms with E-state index >= 15 is 0 Å². The van der Waals surface area contributed by atoms with Crippen LogP contribution >= 0.6 is 11.6 Å². The lowest BCUT2D eigenvalue weighted by Crippen LogP contribution is -1.86. The highest BCUT2D eigenvalue weighted by molar-refractivity contribution is 6.31. The lowest BCUT2D eigenvalue weighted by atomic mass is 10.2. The van der Waals surface area contributed by atoms with Crippen LogP contribution in [0.2, 0.25) is 5.02 Å². The molecule has 1 heterocycles. The molecule has 0 bridgehead atoms. The highest BCUT2D eigenvalue weighted by Crippen LogP contribution is 2.17. The number of carbonyl (C=O) groups is 1. The minimum atomic E-state index is 0.440. The Morgan fingerprint density at radius 1 is 1.23 bits per heavy atom. The monoisotopic (exact) mass is 191 g/mol. The molecule has 0 saturated carbocycles. The fraction of sp³-hybridized carbons (Fsp3) is 0. The summed E-state index contributed by atoms with van der Waals surface area (Å²) in [5.74, 6) is 0. The molecule has 64 valence electrons. The molecule has 0 aliphatic carbocycles. The van der Waals surface area contributed by atoms with E-state index in [0.29, 0.717) is 10.7 Å². The number of pyridine rings is 1. The van der Waals surface area contributed by atoms with Crippen LogP contribution in [0.15, 0.2) is 30.3 Å². The number of rotatable bonds is 1. The number of aromatic nitrogens is 1. The molecule has 2 aromatic rings. The second-order valence-electron chi connectivity index (χ2n) is 2.69. The number of benzene rings is 1. The largest absolute Gasteiger partial charge is 0.296 e. The maximum atomic E-state index is 10.4. The first-order valence-corrected chi connectivity index (χ1v) is 4.19. The van der Waals surface area contributed by atoms with Crippen molar-refractivity contribution in [3.05, 3.63) is 41.0 Å². The van der Waals surface area contributed by atoms with Crippen LogP contribution in [0.25, 0.3) is 10.9 Å². The number of fused-ring (bicyclic) bond motifs is 1. The Hall–Kier alpha value is -1.41. The molecule has 0 aliphatic rings. The Kier molecular flexibility index (Phi) is 1.99. The van der Waals surface area contributed by atoms with Crippen LogP contribution in [0.1, 0.15) is 10.5 Å². The van der Waals surface area contributed by atoms with E-state index in [1.54, 1.807) is 18.2 Å². The Morgan fingerprint density at radius 2 is 2.08 bits per heavy atom. The molecule has 2 nitrogen and oxygen atoms in total. The van der Waals surface area contributed by atoms with Gasteiger partial charge in [-0.25, -0.2) is 4.98 Å². The molecule has 0 fully saturated rings. The van der Waals surface area contributed by atoms with Crippen LogP contribution in [0.3, 0.4) is 0 Å². The molecule has 13 heavy (non-hydrogen) atoms. The van der Waals surface area contributed by atoms with Gasteiger partial charge in [0.25, 0.3) is 0 Å². The number of carbonyl (C=O) groups excluding carboxylic acids is 1. The lowest BCUT2D eigenvalue weighted by molar-refractivity contribution is 0.111. The van der Waals surface area contributed by atoms with Gasteiger partial charge in [0.1, 0.15) is 5.69 Å². The molecule has 1 aromatic carbocycles. The van der Waals surface area contributed by atoms with Crippen molar-refractivity contribution in [1.82, 2.24) is 4.98 Å². The zero-order valence-electron chi connectivity index (χ0n) is 6.70. The summed E-state index contributed by atoms with van der Waals surface area (Å²) in [5.41, 5.74) is 1.23. The summed E-state index contributed by atoms with van der Waals surface area (Å²) < 4.78 is 0. The lowest BCUT2D eigenvalue weighted by Gasteiger charge is -1.97. The van der Waals surface area contributed by atoms with Gasteiger partial charge < -0.3 is 0 Å². The molecule has 0 aliphatic heterocycles. The van der Waals surface area contributed by atoms with Gasteiger partial charge in [0, 0.05) is 10.4 Å². The van der Waals surface area contributed by atoms with Crippen molar-refractivity contribution in [2.24, 2.45) is 0 Å². The topological polar surface area (TPSA) is 30.0 Å². The van der Waals surface area contributed by atoms with Gasteiger partial charge in [-0.05, 0) is 24.3 Å².